The number of anilines is 1. The summed E-state index contributed by atoms with van der Waals surface area (Å²) in [7, 11) is -2.22. The van der Waals surface area contributed by atoms with Crippen LogP contribution in [0.25, 0.3) is 0 Å². The predicted octanol–water partition coefficient (Wildman–Crippen LogP) is 2.63. The predicted molar refractivity (Wildman–Crippen MR) is 121 cm³/mol. The molecule has 0 aliphatic carbocycles. The fraction of sp³-hybridized carbons (Fsp3) is 0.435. The van der Waals surface area contributed by atoms with Gasteiger partial charge in [-0.2, -0.15) is 0 Å². The molecule has 1 N–H and O–H groups in total. The number of ether oxygens (including phenoxy) is 2. The van der Waals surface area contributed by atoms with E-state index in [1.54, 1.807) is 12.1 Å². The van der Waals surface area contributed by atoms with Crippen molar-refractivity contribution in [2.45, 2.75) is 25.2 Å². The molecule has 0 aromatic heterocycles. The van der Waals surface area contributed by atoms with E-state index in [4.69, 9.17) is 9.47 Å². The van der Waals surface area contributed by atoms with Gasteiger partial charge >= 0.3 is 0 Å². The number of nitrogens with zero attached hydrogens (tertiary/aromatic N) is 1. The number of nitrogens with one attached hydrogen (secondary N) is 1. The van der Waals surface area contributed by atoms with Gasteiger partial charge in [-0.1, -0.05) is 36.4 Å². The molecule has 0 unspecified atom stereocenters. The minimum atomic E-state index is -3.70. The van der Waals surface area contributed by atoms with Crippen molar-refractivity contribution < 1.29 is 22.7 Å². The topological polar surface area (TPSA) is 84.9 Å². The molecule has 1 amide bonds. The molecule has 1 saturated heterocycles. The third kappa shape index (κ3) is 5.57. The van der Waals surface area contributed by atoms with Crippen molar-refractivity contribution in [2.75, 3.05) is 44.0 Å². The van der Waals surface area contributed by atoms with Crippen LogP contribution >= 0.6 is 0 Å². The standard InChI is InChI=1S/C23H30N2O5S/c1-18-9-10-21(29-2)20(15-18)25(31(3,27)28)16-22(26)24-17-23(11-13-30-14-12-23)19-7-5-4-6-8-19/h4-10,15H,11-14,16-17H2,1-3H3,(H,24,26). The third-order valence-electron chi connectivity index (χ3n) is 5.75. The first-order chi connectivity index (χ1) is 14.7. The van der Waals surface area contributed by atoms with Gasteiger partial charge in [-0.05, 0) is 43.0 Å². The van der Waals surface area contributed by atoms with Crippen molar-refractivity contribution in [3.8, 4) is 5.75 Å². The number of sulfonamides is 1. The van der Waals surface area contributed by atoms with Crippen LogP contribution in [-0.2, 0) is 25.0 Å². The molecular weight excluding hydrogens is 416 g/mol. The molecule has 1 fully saturated rings. The summed E-state index contributed by atoms with van der Waals surface area (Å²) >= 11 is 0. The third-order valence-corrected chi connectivity index (χ3v) is 6.88. The lowest BCUT2D eigenvalue weighted by Crippen LogP contribution is -2.47. The van der Waals surface area contributed by atoms with Gasteiger partial charge in [0.25, 0.3) is 0 Å². The van der Waals surface area contributed by atoms with E-state index < -0.39 is 10.0 Å². The highest BCUT2D eigenvalue weighted by Gasteiger charge is 2.35. The summed E-state index contributed by atoms with van der Waals surface area (Å²) in [6.45, 7) is 3.21. The van der Waals surface area contributed by atoms with Crippen molar-refractivity contribution >= 4 is 21.6 Å². The maximum atomic E-state index is 12.9. The molecular formula is C23H30N2O5S. The van der Waals surface area contributed by atoms with Crippen molar-refractivity contribution in [3.63, 3.8) is 0 Å². The van der Waals surface area contributed by atoms with Crippen LogP contribution in [0.3, 0.4) is 0 Å². The van der Waals surface area contributed by atoms with Crippen LogP contribution in [0.4, 0.5) is 5.69 Å². The van der Waals surface area contributed by atoms with Gasteiger partial charge in [0.05, 0.1) is 19.1 Å². The van der Waals surface area contributed by atoms with E-state index in [-0.39, 0.29) is 17.9 Å². The molecule has 0 spiro atoms. The molecule has 1 aliphatic heterocycles. The number of hydrogen-bond acceptors (Lipinski definition) is 5. The average Bonchev–Trinajstić information content (AvgIpc) is 2.76. The summed E-state index contributed by atoms with van der Waals surface area (Å²) in [5, 5.41) is 2.97. The fourth-order valence-electron chi connectivity index (χ4n) is 3.95. The van der Waals surface area contributed by atoms with Gasteiger partial charge in [-0.15, -0.1) is 0 Å². The minimum absolute atomic E-state index is 0.230. The normalized spacial score (nSPS) is 15.8. The fourth-order valence-corrected chi connectivity index (χ4v) is 4.80. The van der Waals surface area contributed by atoms with E-state index in [0.29, 0.717) is 31.2 Å². The Morgan fingerprint density at radius 2 is 1.84 bits per heavy atom. The van der Waals surface area contributed by atoms with Crippen LogP contribution in [0.5, 0.6) is 5.75 Å². The second kappa shape index (κ2) is 9.70. The van der Waals surface area contributed by atoms with Crippen molar-refractivity contribution in [1.82, 2.24) is 5.32 Å². The van der Waals surface area contributed by atoms with E-state index in [1.807, 2.05) is 31.2 Å². The van der Waals surface area contributed by atoms with E-state index in [9.17, 15) is 13.2 Å². The first kappa shape index (κ1) is 23.1. The van der Waals surface area contributed by atoms with E-state index in [0.717, 1.165) is 34.5 Å². The molecule has 2 aromatic carbocycles. The Kier molecular flexibility index (Phi) is 7.23. The zero-order valence-electron chi connectivity index (χ0n) is 18.3. The van der Waals surface area contributed by atoms with E-state index in [2.05, 4.69) is 17.4 Å². The molecule has 2 aromatic rings. The highest BCUT2D eigenvalue weighted by molar-refractivity contribution is 7.92. The molecule has 168 valence electrons. The molecule has 0 atom stereocenters. The van der Waals surface area contributed by atoms with Crippen LogP contribution < -0.4 is 14.4 Å². The molecule has 31 heavy (non-hydrogen) atoms. The van der Waals surface area contributed by atoms with Gasteiger partial charge in [-0.25, -0.2) is 8.42 Å². The molecule has 8 heteroatoms. The second-order valence-corrected chi connectivity index (χ2v) is 9.89. The Hall–Kier alpha value is -2.58. The molecule has 0 saturated carbocycles. The van der Waals surface area contributed by atoms with Crippen LogP contribution in [-0.4, -0.2) is 54.0 Å². The number of carbonyl (C=O) groups is 1. The smallest absolute Gasteiger partial charge is 0.240 e. The van der Waals surface area contributed by atoms with Crippen LogP contribution in [0.2, 0.25) is 0 Å². The highest BCUT2D eigenvalue weighted by atomic mass is 32.2. The molecule has 1 aliphatic rings. The summed E-state index contributed by atoms with van der Waals surface area (Å²) in [4.78, 5) is 12.9. The number of benzene rings is 2. The Morgan fingerprint density at radius 1 is 1.16 bits per heavy atom. The zero-order valence-corrected chi connectivity index (χ0v) is 19.1. The Balaban J connectivity index is 1.79. The number of hydrogen-bond donors (Lipinski definition) is 1. The summed E-state index contributed by atoms with van der Waals surface area (Å²) < 4.78 is 37.0. The van der Waals surface area contributed by atoms with Gasteiger partial charge < -0.3 is 14.8 Å². The van der Waals surface area contributed by atoms with Gasteiger partial charge in [0.1, 0.15) is 12.3 Å². The summed E-state index contributed by atoms with van der Waals surface area (Å²) in [5.74, 6) is 0.0322. The van der Waals surface area contributed by atoms with Crippen molar-refractivity contribution in [1.29, 1.82) is 0 Å². The maximum absolute atomic E-state index is 12.9. The Morgan fingerprint density at radius 3 is 2.45 bits per heavy atom. The van der Waals surface area contributed by atoms with Gasteiger partial charge in [-0.3, -0.25) is 9.10 Å². The summed E-state index contributed by atoms with van der Waals surface area (Å²) in [6.07, 6.45) is 2.67. The molecule has 3 rings (SSSR count). The minimum Gasteiger partial charge on any atom is -0.495 e. The van der Waals surface area contributed by atoms with Gasteiger partial charge in [0.15, 0.2) is 0 Å². The molecule has 0 bridgehead atoms. The number of aryl methyl sites for hydroxylation is 1. The monoisotopic (exact) mass is 446 g/mol. The Bertz CT molecular complexity index is 1000. The van der Waals surface area contributed by atoms with Gasteiger partial charge in [0, 0.05) is 25.2 Å². The van der Waals surface area contributed by atoms with E-state index >= 15 is 0 Å². The number of methoxy groups -OCH3 is 1. The molecule has 7 nitrogen and oxygen atoms in total. The van der Waals surface area contributed by atoms with E-state index in [1.165, 1.54) is 7.11 Å². The number of rotatable bonds is 8. The zero-order chi connectivity index (χ0) is 22.5. The van der Waals surface area contributed by atoms with Crippen LogP contribution in [0.1, 0.15) is 24.0 Å². The lowest BCUT2D eigenvalue weighted by atomic mass is 9.74. The maximum Gasteiger partial charge on any atom is 0.240 e. The lowest BCUT2D eigenvalue weighted by Gasteiger charge is -2.38. The number of carbonyl (C=O) groups excluding carboxylic acids is 1. The van der Waals surface area contributed by atoms with Crippen LogP contribution in [0, 0.1) is 6.92 Å². The quantitative estimate of drug-likeness (QED) is 0.674. The Labute approximate surface area is 184 Å². The first-order valence-electron chi connectivity index (χ1n) is 10.3. The summed E-state index contributed by atoms with van der Waals surface area (Å²) in [5.41, 5.74) is 2.14. The van der Waals surface area contributed by atoms with Crippen molar-refractivity contribution in [2.24, 2.45) is 0 Å². The highest BCUT2D eigenvalue weighted by Crippen LogP contribution is 2.34. The van der Waals surface area contributed by atoms with Crippen LogP contribution in [0.15, 0.2) is 48.5 Å². The second-order valence-electron chi connectivity index (χ2n) is 7.98. The SMILES string of the molecule is COc1ccc(C)cc1N(CC(=O)NCC1(c2ccccc2)CCOCC1)S(C)(=O)=O. The van der Waals surface area contributed by atoms with Crippen molar-refractivity contribution in [3.05, 3.63) is 59.7 Å². The molecule has 0 radical (unpaired) electrons. The van der Waals surface area contributed by atoms with Gasteiger partial charge in [0.2, 0.25) is 15.9 Å². The average molecular weight is 447 g/mol. The first-order valence-corrected chi connectivity index (χ1v) is 12.1. The summed E-state index contributed by atoms with van der Waals surface area (Å²) in [6, 6.07) is 15.3. The lowest BCUT2D eigenvalue weighted by molar-refractivity contribution is -0.120. The largest absolute Gasteiger partial charge is 0.495 e. The number of amides is 1. The molecule has 1 heterocycles.